The Morgan fingerprint density at radius 2 is 1.96 bits per heavy atom. The molecular weight excluding hydrogens is 389 g/mol. The summed E-state index contributed by atoms with van der Waals surface area (Å²) in [5, 5.41) is 3.63. The number of pyridine rings is 1. The van der Waals surface area contributed by atoms with E-state index in [0.717, 1.165) is 16.7 Å². The second-order valence-corrected chi connectivity index (χ2v) is 8.95. The summed E-state index contributed by atoms with van der Waals surface area (Å²) < 4.78 is 37.8. The lowest BCUT2D eigenvalue weighted by Crippen LogP contribution is -2.33. The summed E-state index contributed by atoms with van der Waals surface area (Å²) in [6.45, 7) is 2.75. The molecule has 0 amide bonds. The van der Waals surface area contributed by atoms with Crippen LogP contribution in [0.4, 0.5) is 10.2 Å². The monoisotopic (exact) mass is 409 g/mol. The lowest BCUT2D eigenvalue weighted by molar-refractivity contribution is 0.446. The number of nitrogens with zero attached hydrogens (tertiary/aromatic N) is 2. The molecule has 2 aromatic rings. The molecule has 0 bridgehead atoms. The molecule has 8 heteroatoms. The number of rotatable bonds is 5. The van der Waals surface area contributed by atoms with Crippen molar-refractivity contribution in [1.82, 2.24) is 9.29 Å². The van der Waals surface area contributed by atoms with Crippen LogP contribution in [0.1, 0.15) is 30.5 Å². The van der Waals surface area contributed by atoms with E-state index >= 15 is 0 Å². The Morgan fingerprint density at radius 3 is 2.56 bits per heavy atom. The van der Waals surface area contributed by atoms with Crippen LogP contribution in [0.25, 0.3) is 5.57 Å². The topological polar surface area (TPSA) is 62.3 Å². The fourth-order valence-electron chi connectivity index (χ4n) is 3.03. The summed E-state index contributed by atoms with van der Waals surface area (Å²) in [5.41, 5.74) is 2.88. The van der Waals surface area contributed by atoms with Gasteiger partial charge in [0.25, 0.3) is 0 Å². The molecule has 1 aromatic carbocycles. The van der Waals surface area contributed by atoms with Gasteiger partial charge in [-0.25, -0.2) is 17.8 Å². The Labute approximate surface area is 163 Å². The first-order chi connectivity index (χ1) is 12.7. The average Bonchev–Trinajstić information content (AvgIpc) is 2.61. The van der Waals surface area contributed by atoms with Gasteiger partial charge in [0.1, 0.15) is 16.8 Å². The third-order valence-electron chi connectivity index (χ3n) is 4.54. The van der Waals surface area contributed by atoms with Crippen molar-refractivity contribution in [3.63, 3.8) is 0 Å². The van der Waals surface area contributed by atoms with E-state index in [4.69, 9.17) is 11.6 Å². The number of aromatic nitrogens is 1. The maximum Gasteiger partial charge on any atom is 0.211 e. The van der Waals surface area contributed by atoms with E-state index in [1.807, 2.05) is 19.1 Å². The zero-order chi connectivity index (χ0) is 19.6. The predicted molar refractivity (Wildman–Crippen MR) is 107 cm³/mol. The number of anilines is 1. The van der Waals surface area contributed by atoms with Crippen LogP contribution in [0.5, 0.6) is 0 Å². The summed E-state index contributed by atoms with van der Waals surface area (Å²) in [4.78, 5) is 4.31. The molecule has 0 unspecified atom stereocenters. The molecular formula is C19H21ClFN3O2S. The highest BCUT2D eigenvalue weighted by Crippen LogP contribution is 2.28. The standard InChI is InChI=1S/C19H21ClFN3O2S/c1-13(14-3-5-17(21)6-4-14)22-19-12-16(11-18(20)23-19)15-7-9-24(10-8-15)27(2,25)26/h3-7,11-13H,8-10H2,1-2H3,(H,22,23)/t13-/m0/s1. The summed E-state index contributed by atoms with van der Waals surface area (Å²) >= 11 is 6.19. The van der Waals surface area contributed by atoms with Gasteiger partial charge in [0.2, 0.25) is 10.0 Å². The van der Waals surface area contributed by atoms with Gasteiger partial charge in [0.05, 0.1) is 6.26 Å². The molecule has 5 nitrogen and oxygen atoms in total. The van der Waals surface area contributed by atoms with Crippen molar-refractivity contribution in [2.45, 2.75) is 19.4 Å². The third kappa shape index (κ3) is 5.06. The minimum Gasteiger partial charge on any atom is -0.363 e. The smallest absolute Gasteiger partial charge is 0.211 e. The van der Waals surface area contributed by atoms with Crippen molar-refractivity contribution in [2.75, 3.05) is 24.7 Å². The molecule has 1 aliphatic heterocycles. The Balaban J connectivity index is 1.78. The number of benzene rings is 1. The predicted octanol–water partition coefficient (Wildman–Crippen LogP) is 4.10. The normalized spacial score (nSPS) is 16.7. The van der Waals surface area contributed by atoms with Crippen LogP contribution >= 0.6 is 11.6 Å². The van der Waals surface area contributed by atoms with Crippen molar-refractivity contribution in [3.8, 4) is 0 Å². The third-order valence-corrected chi connectivity index (χ3v) is 6.00. The lowest BCUT2D eigenvalue weighted by Gasteiger charge is -2.24. The van der Waals surface area contributed by atoms with Crippen LogP contribution in [0, 0.1) is 5.82 Å². The second kappa shape index (κ2) is 7.96. The van der Waals surface area contributed by atoms with Gasteiger partial charge in [0, 0.05) is 19.1 Å². The summed E-state index contributed by atoms with van der Waals surface area (Å²) in [6.07, 6.45) is 3.73. The molecule has 0 fully saturated rings. The van der Waals surface area contributed by atoms with Gasteiger partial charge in [-0.15, -0.1) is 0 Å². The SMILES string of the molecule is C[C@H](Nc1cc(C2=CCN(S(C)(=O)=O)CC2)cc(Cl)n1)c1ccc(F)cc1. The minimum atomic E-state index is -3.19. The van der Waals surface area contributed by atoms with Crippen LogP contribution in [0.3, 0.4) is 0 Å². The number of halogens is 2. The number of hydrogen-bond donors (Lipinski definition) is 1. The van der Waals surface area contributed by atoms with Crippen LogP contribution in [0.2, 0.25) is 5.15 Å². The van der Waals surface area contributed by atoms with Gasteiger partial charge < -0.3 is 5.32 Å². The Bertz CT molecular complexity index is 961. The molecule has 0 saturated carbocycles. The van der Waals surface area contributed by atoms with E-state index in [9.17, 15) is 12.8 Å². The molecule has 3 rings (SSSR count). The van der Waals surface area contributed by atoms with E-state index in [1.165, 1.54) is 22.7 Å². The van der Waals surface area contributed by atoms with Crippen molar-refractivity contribution >= 4 is 33.0 Å². The largest absolute Gasteiger partial charge is 0.363 e. The molecule has 0 radical (unpaired) electrons. The van der Waals surface area contributed by atoms with Gasteiger partial charge in [0.15, 0.2) is 0 Å². The number of nitrogens with one attached hydrogen (secondary N) is 1. The van der Waals surface area contributed by atoms with Gasteiger partial charge in [-0.2, -0.15) is 4.31 Å². The number of hydrogen-bond acceptors (Lipinski definition) is 4. The fourth-order valence-corrected chi connectivity index (χ4v) is 4.00. The Hall–Kier alpha value is -1.96. The molecule has 27 heavy (non-hydrogen) atoms. The molecule has 2 heterocycles. The first kappa shape index (κ1) is 19.8. The molecule has 0 saturated heterocycles. The van der Waals surface area contributed by atoms with Crippen molar-refractivity contribution in [3.05, 3.63) is 64.6 Å². The molecule has 1 atom stereocenters. The van der Waals surface area contributed by atoms with Gasteiger partial charge in [-0.1, -0.05) is 29.8 Å². The first-order valence-electron chi connectivity index (χ1n) is 8.56. The van der Waals surface area contributed by atoms with Gasteiger partial charge >= 0.3 is 0 Å². The molecule has 1 aromatic heterocycles. The Kier molecular flexibility index (Phi) is 5.83. The van der Waals surface area contributed by atoms with Crippen LogP contribution in [-0.4, -0.2) is 37.1 Å². The fraction of sp³-hybridized carbons (Fsp3) is 0.316. The summed E-state index contributed by atoms with van der Waals surface area (Å²) in [6, 6.07) is 9.88. The van der Waals surface area contributed by atoms with Crippen molar-refractivity contribution in [1.29, 1.82) is 0 Å². The highest BCUT2D eigenvalue weighted by atomic mass is 35.5. The zero-order valence-corrected chi connectivity index (χ0v) is 16.7. The van der Waals surface area contributed by atoms with E-state index in [0.29, 0.717) is 30.5 Å². The van der Waals surface area contributed by atoms with E-state index in [1.54, 1.807) is 18.2 Å². The maximum atomic E-state index is 13.1. The molecule has 144 valence electrons. The Morgan fingerprint density at radius 1 is 1.26 bits per heavy atom. The zero-order valence-electron chi connectivity index (χ0n) is 15.1. The molecule has 0 aliphatic carbocycles. The van der Waals surface area contributed by atoms with Crippen molar-refractivity contribution < 1.29 is 12.8 Å². The molecule has 1 aliphatic rings. The summed E-state index contributed by atoms with van der Waals surface area (Å²) in [5.74, 6) is 0.335. The minimum absolute atomic E-state index is 0.0783. The van der Waals surface area contributed by atoms with Crippen LogP contribution in [-0.2, 0) is 10.0 Å². The van der Waals surface area contributed by atoms with Crippen LogP contribution in [0.15, 0.2) is 42.5 Å². The molecule has 1 N–H and O–H groups in total. The van der Waals surface area contributed by atoms with Crippen LogP contribution < -0.4 is 5.32 Å². The van der Waals surface area contributed by atoms with E-state index in [-0.39, 0.29) is 11.9 Å². The summed E-state index contributed by atoms with van der Waals surface area (Å²) in [7, 11) is -3.19. The lowest BCUT2D eigenvalue weighted by atomic mass is 10.0. The van der Waals surface area contributed by atoms with Crippen molar-refractivity contribution in [2.24, 2.45) is 0 Å². The maximum absolute atomic E-state index is 13.1. The molecule has 0 spiro atoms. The van der Waals surface area contributed by atoms with Gasteiger partial charge in [-0.3, -0.25) is 0 Å². The quantitative estimate of drug-likeness (QED) is 0.755. The second-order valence-electron chi connectivity index (χ2n) is 6.58. The van der Waals surface area contributed by atoms with E-state index < -0.39 is 10.0 Å². The highest BCUT2D eigenvalue weighted by molar-refractivity contribution is 7.88. The van der Waals surface area contributed by atoms with E-state index in [2.05, 4.69) is 10.3 Å². The number of sulfonamides is 1. The average molecular weight is 410 g/mol. The van der Waals surface area contributed by atoms with Gasteiger partial charge in [-0.05, 0) is 54.3 Å². The highest BCUT2D eigenvalue weighted by Gasteiger charge is 2.20. The first-order valence-corrected chi connectivity index (χ1v) is 10.8.